The highest BCUT2D eigenvalue weighted by molar-refractivity contribution is 7.14. The molecule has 0 atom stereocenters. The van der Waals surface area contributed by atoms with Crippen molar-refractivity contribution in [2.45, 2.75) is 13.3 Å². The standard InChI is InChI=1S/C13H14N4S/c1-2-15-8-7-12-16-17-13(18-12)11-5-3-10(9-14)4-6-11/h3-6,15H,2,7-8H2,1H3. The predicted molar refractivity (Wildman–Crippen MR) is 72.3 cm³/mol. The number of hydrogen-bond acceptors (Lipinski definition) is 5. The molecule has 0 bridgehead atoms. The summed E-state index contributed by atoms with van der Waals surface area (Å²) in [5, 5.41) is 22.3. The average molecular weight is 258 g/mol. The highest BCUT2D eigenvalue weighted by Gasteiger charge is 2.06. The molecular weight excluding hydrogens is 244 g/mol. The molecule has 4 nitrogen and oxygen atoms in total. The number of nitrogens with one attached hydrogen (secondary N) is 1. The Hall–Kier alpha value is -1.77. The maximum absolute atomic E-state index is 8.74. The molecule has 1 heterocycles. The SMILES string of the molecule is CCNCCc1nnc(-c2ccc(C#N)cc2)s1. The van der Waals surface area contributed by atoms with E-state index in [4.69, 9.17) is 5.26 Å². The Labute approximate surface area is 110 Å². The van der Waals surface area contributed by atoms with Gasteiger partial charge < -0.3 is 5.32 Å². The third-order valence-electron chi connectivity index (χ3n) is 2.49. The molecule has 2 rings (SSSR count). The van der Waals surface area contributed by atoms with Crippen LogP contribution in [0.2, 0.25) is 0 Å². The van der Waals surface area contributed by atoms with E-state index in [0.29, 0.717) is 5.56 Å². The van der Waals surface area contributed by atoms with Crippen molar-refractivity contribution in [3.05, 3.63) is 34.8 Å². The Morgan fingerprint density at radius 3 is 2.72 bits per heavy atom. The molecule has 0 saturated carbocycles. The van der Waals surface area contributed by atoms with Crippen LogP contribution < -0.4 is 5.32 Å². The third-order valence-corrected chi connectivity index (χ3v) is 3.53. The van der Waals surface area contributed by atoms with Gasteiger partial charge in [0.1, 0.15) is 10.0 Å². The Kier molecular flexibility index (Phi) is 4.40. The van der Waals surface area contributed by atoms with Gasteiger partial charge in [-0.05, 0) is 18.7 Å². The van der Waals surface area contributed by atoms with E-state index in [1.165, 1.54) is 0 Å². The lowest BCUT2D eigenvalue weighted by Gasteiger charge is -1.96. The van der Waals surface area contributed by atoms with Crippen LogP contribution in [0.3, 0.4) is 0 Å². The van der Waals surface area contributed by atoms with E-state index in [1.807, 2.05) is 12.1 Å². The summed E-state index contributed by atoms with van der Waals surface area (Å²) in [6, 6.07) is 9.53. The molecule has 1 aromatic carbocycles. The Morgan fingerprint density at radius 1 is 1.28 bits per heavy atom. The fourth-order valence-electron chi connectivity index (χ4n) is 1.53. The summed E-state index contributed by atoms with van der Waals surface area (Å²) < 4.78 is 0. The molecule has 5 heteroatoms. The maximum atomic E-state index is 8.74. The second kappa shape index (κ2) is 6.24. The number of rotatable bonds is 5. The largest absolute Gasteiger partial charge is 0.317 e. The van der Waals surface area contributed by atoms with E-state index in [1.54, 1.807) is 23.5 Å². The van der Waals surface area contributed by atoms with Crippen LogP contribution in [0.1, 0.15) is 17.5 Å². The Balaban J connectivity index is 2.06. The fraction of sp³-hybridized carbons (Fsp3) is 0.308. The smallest absolute Gasteiger partial charge is 0.147 e. The van der Waals surface area contributed by atoms with E-state index >= 15 is 0 Å². The summed E-state index contributed by atoms with van der Waals surface area (Å²) in [5.41, 5.74) is 1.68. The molecule has 2 aromatic rings. The van der Waals surface area contributed by atoms with E-state index < -0.39 is 0 Å². The van der Waals surface area contributed by atoms with Gasteiger partial charge in [-0.25, -0.2) is 0 Å². The number of likely N-dealkylation sites (N-methyl/N-ethyl adjacent to an activating group) is 1. The summed E-state index contributed by atoms with van der Waals surface area (Å²) in [7, 11) is 0. The zero-order chi connectivity index (χ0) is 12.8. The second-order valence-corrected chi connectivity index (χ2v) is 4.86. The van der Waals surface area contributed by atoms with Crippen molar-refractivity contribution in [1.29, 1.82) is 5.26 Å². The van der Waals surface area contributed by atoms with Crippen LogP contribution in [0, 0.1) is 11.3 Å². The number of hydrogen-bond donors (Lipinski definition) is 1. The normalized spacial score (nSPS) is 10.2. The van der Waals surface area contributed by atoms with Crippen molar-refractivity contribution in [3.63, 3.8) is 0 Å². The van der Waals surface area contributed by atoms with Crippen molar-refractivity contribution in [2.75, 3.05) is 13.1 Å². The van der Waals surface area contributed by atoms with Crippen molar-refractivity contribution in [2.24, 2.45) is 0 Å². The van der Waals surface area contributed by atoms with Gasteiger partial charge >= 0.3 is 0 Å². The third kappa shape index (κ3) is 3.13. The zero-order valence-corrected chi connectivity index (χ0v) is 11.0. The first kappa shape index (κ1) is 12.7. The summed E-state index contributed by atoms with van der Waals surface area (Å²) in [6.07, 6.45) is 0.905. The minimum atomic E-state index is 0.663. The van der Waals surface area contributed by atoms with Gasteiger partial charge in [-0.1, -0.05) is 30.4 Å². The van der Waals surface area contributed by atoms with Gasteiger partial charge in [-0.15, -0.1) is 10.2 Å². The molecule has 0 unspecified atom stereocenters. The van der Waals surface area contributed by atoms with E-state index in [0.717, 1.165) is 35.1 Å². The first-order valence-corrected chi connectivity index (χ1v) is 6.68. The lowest BCUT2D eigenvalue weighted by Crippen LogP contribution is -2.15. The number of benzene rings is 1. The Morgan fingerprint density at radius 2 is 2.06 bits per heavy atom. The summed E-state index contributed by atoms with van der Waals surface area (Å²) in [4.78, 5) is 0. The van der Waals surface area contributed by atoms with E-state index in [-0.39, 0.29) is 0 Å². The first-order chi connectivity index (χ1) is 8.83. The lowest BCUT2D eigenvalue weighted by molar-refractivity contribution is 0.710. The molecule has 0 radical (unpaired) electrons. The molecule has 0 aliphatic heterocycles. The molecule has 92 valence electrons. The minimum Gasteiger partial charge on any atom is -0.317 e. The number of aromatic nitrogens is 2. The van der Waals surface area contributed by atoms with Crippen LogP contribution in [0.5, 0.6) is 0 Å². The molecule has 18 heavy (non-hydrogen) atoms. The van der Waals surface area contributed by atoms with Gasteiger partial charge in [0.25, 0.3) is 0 Å². The van der Waals surface area contributed by atoms with Gasteiger partial charge in [-0.2, -0.15) is 5.26 Å². The predicted octanol–water partition coefficient (Wildman–Crippen LogP) is 2.23. The van der Waals surface area contributed by atoms with Gasteiger partial charge in [0.2, 0.25) is 0 Å². The second-order valence-electron chi connectivity index (χ2n) is 3.79. The van der Waals surface area contributed by atoms with Crippen LogP contribution in [-0.4, -0.2) is 23.3 Å². The summed E-state index contributed by atoms with van der Waals surface area (Å²) in [6.45, 7) is 3.99. The molecule has 0 saturated heterocycles. The molecular formula is C13H14N4S. The topological polar surface area (TPSA) is 61.6 Å². The monoisotopic (exact) mass is 258 g/mol. The van der Waals surface area contributed by atoms with Gasteiger partial charge in [0.15, 0.2) is 0 Å². The lowest BCUT2D eigenvalue weighted by atomic mass is 10.2. The highest BCUT2D eigenvalue weighted by Crippen LogP contribution is 2.23. The molecule has 1 aromatic heterocycles. The molecule has 0 spiro atoms. The van der Waals surface area contributed by atoms with E-state index in [9.17, 15) is 0 Å². The minimum absolute atomic E-state index is 0.663. The van der Waals surface area contributed by atoms with Crippen LogP contribution in [0.4, 0.5) is 0 Å². The molecule has 0 aliphatic rings. The van der Waals surface area contributed by atoms with Crippen molar-refractivity contribution >= 4 is 11.3 Å². The van der Waals surface area contributed by atoms with Crippen molar-refractivity contribution in [1.82, 2.24) is 15.5 Å². The first-order valence-electron chi connectivity index (χ1n) is 5.87. The van der Waals surface area contributed by atoms with Crippen molar-refractivity contribution in [3.8, 4) is 16.6 Å². The van der Waals surface area contributed by atoms with Gasteiger partial charge in [0, 0.05) is 18.5 Å². The fourth-order valence-corrected chi connectivity index (χ4v) is 2.38. The van der Waals surface area contributed by atoms with Gasteiger partial charge in [0.05, 0.1) is 11.6 Å². The quantitative estimate of drug-likeness (QED) is 0.835. The number of nitriles is 1. The average Bonchev–Trinajstić information content (AvgIpc) is 2.88. The molecule has 0 aliphatic carbocycles. The molecule has 0 fully saturated rings. The van der Waals surface area contributed by atoms with E-state index in [2.05, 4.69) is 28.5 Å². The molecule has 1 N–H and O–H groups in total. The Bertz CT molecular complexity index is 539. The van der Waals surface area contributed by atoms with Crippen LogP contribution in [-0.2, 0) is 6.42 Å². The zero-order valence-electron chi connectivity index (χ0n) is 10.2. The number of nitrogens with zero attached hydrogens (tertiary/aromatic N) is 3. The summed E-state index contributed by atoms with van der Waals surface area (Å²) in [5.74, 6) is 0. The highest BCUT2D eigenvalue weighted by atomic mass is 32.1. The van der Waals surface area contributed by atoms with Crippen molar-refractivity contribution < 1.29 is 0 Å². The summed E-state index contributed by atoms with van der Waals surface area (Å²) >= 11 is 1.60. The van der Waals surface area contributed by atoms with Gasteiger partial charge in [-0.3, -0.25) is 0 Å². The van der Waals surface area contributed by atoms with Crippen LogP contribution in [0.25, 0.3) is 10.6 Å². The molecule has 0 amide bonds. The van der Waals surface area contributed by atoms with Crippen LogP contribution in [0.15, 0.2) is 24.3 Å². The maximum Gasteiger partial charge on any atom is 0.147 e. The van der Waals surface area contributed by atoms with Crippen LogP contribution >= 0.6 is 11.3 Å².